The molecule has 3 fully saturated rings. The first kappa shape index (κ1) is 11.3. The number of hydrogen-bond donors (Lipinski definition) is 0. The van der Waals surface area contributed by atoms with Gasteiger partial charge in [0, 0.05) is 5.92 Å². The van der Waals surface area contributed by atoms with Crippen molar-refractivity contribution < 1.29 is 0 Å². The minimum absolute atomic E-state index is 0.893. The molecule has 1 aromatic rings. The second-order valence-corrected chi connectivity index (χ2v) is 8.02. The van der Waals surface area contributed by atoms with Crippen LogP contribution in [0.3, 0.4) is 0 Å². The largest absolute Gasteiger partial charge is 0.0622 e. The molecule has 6 rings (SSSR count). The summed E-state index contributed by atoms with van der Waals surface area (Å²) in [7, 11) is 0. The molecule has 21 heavy (non-hydrogen) atoms. The van der Waals surface area contributed by atoms with Crippen molar-refractivity contribution >= 4 is 5.57 Å². The van der Waals surface area contributed by atoms with Crippen LogP contribution in [0.4, 0.5) is 0 Å². The maximum Gasteiger partial charge on any atom is 0.00565 e. The summed E-state index contributed by atoms with van der Waals surface area (Å²) in [4.78, 5) is 0. The zero-order valence-electron chi connectivity index (χ0n) is 12.5. The predicted molar refractivity (Wildman–Crippen MR) is 85.5 cm³/mol. The molecular formula is C21H22. The molecule has 0 spiro atoms. The summed E-state index contributed by atoms with van der Waals surface area (Å²) in [6.07, 6.45) is 8.94. The Morgan fingerprint density at radius 1 is 0.714 bits per heavy atom. The van der Waals surface area contributed by atoms with E-state index in [2.05, 4.69) is 30.3 Å². The Morgan fingerprint density at radius 2 is 1.48 bits per heavy atom. The zero-order chi connectivity index (χ0) is 13.6. The first-order valence-corrected chi connectivity index (χ1v) is 8.95. The fraction of sp³-hybridized carbons (Fsp3) is 0.524. The van der Waals surface area contributed by atoms with E-state index in [1.54, 1.807) is 5.57 Å². The molecule has 5 aliphatic rings. The SMILES string of the molecule is c1ccc(C2=C3C4CCC(C4)C3C3=C2C2CCC3C2)cc1. The van der Waals surface area contributed by atoms with Gasteiger partial charge >= 0.3 is 0 Å². The quantitative estimate of drug-likeness (QED) is 0.658. The Labute approximate surface area is 126 Å². The lowest BCUT2D eigenvalue weighted by atomic mass is 9.77. The van der Waals surface area contributed by atoms with Gasteiger partial charge in [-0.2, -0.15) is 0 Å². The van der Waals surface area contributed by atoms with Gasteiger partial charge in [0.1, 0.15) is 0 Å². The second-order valence-electron chi connectivity index (χ2n) is 8.02. The summed E-state index contributed by atoms with van der Waals surface area (Å²) in [6, 6.07) is 11.4. The molecule has 0 radical (unpaired) electrons. The summed E-state index contributed by atoms with van der Waals surface area (Å²) >= 11 is 0. The smallest absolute Gasteiger partial charge is 0.00565 e. The minimum atomic E-state index is 0.893. The Hall–Kier alpha value is -1.30. The highest BCUT2D eigenvalue weighted by Gasteiger charge is 2.56. The molecule has 0 aliphatic heterocycles. The standard InChI is InChI=1S/C21H22/c1-2-4-12(5-3-1)17-18-13-6-8-15(10-13)20(18)21-16-9-7-14(11-16)19(17)21/h1-5,13-16,20H,6-11H2. The van der Waals surface area contributed by atoms with Crippen LogP contribution in [-0.2, 0) is 0 Å². The molecule has 3 saturated carbocycles. The molecule has 5 atom stereocenters. The highest BCUT2D eigenvalue weighted by molar-refractivity contribution is 5.89. The number of benzene rings is 1. The predicted octanol–water partition coefficient (Wildman–Crippen LogP) is 5.23. The van der Waals surface area contributed by atoms with Crippen LogP contribution in [-0.4, -0.2) is 0 Å². The molecule has 0 nitrogen and oxygen atoms in total. The van der Waals surface area contributed by atoms with Crippen LogP contribution in [0.15, 0.2) is 47.1 Å². The monoisotopic (exact) mass is 274 g/mol. The summed E-state index contributed by atoms with van der Waals surface area (Å²) in [5.74, 6) is 4.71. The fourth-order valence-electron chi connectivity index (χ4n) is 6.72. The molecule has 106 valence electrons. The van der Waals surface area contributed by atoms with Crippen molar-refractivity contribution in [1.82, 2.24) is 0 Å². The van der Waals surface area contributed by atoms with Crippen LogP contribution >= 0.6 is 0 Å². The molecule has 0 heteroatoms. The number of rotatable bonds is 1. The second kappa shape index (κ2) is 3.72. The average Bonchev–Trinajstić information content (AvgIpc) is 3.29. The van der Waals surface area contributed by atoms with Crippen LogP contribution in [0.5, 0.6) is 0 Å². The van der Waals surface area contributed by atoms with E-state index in [1.807, 2.05) is 16.7 Å². The van der Waals surface area contributed by atoms with Crippen molar-refractivity contribution in [2.75, 3.05) is 0 Å². The maximum absolute atomic E-state index is 2.37. The van der Waals surface area contributed by atoms with Gasteiger partial charge in [-0.05, 0) is 78.9 Å². The molecule has 0 amide bonds. The van der Waals surface area contributed by atoms with Crippen LogP contribution in [0.2, 0.25) is 0 Å². The van der Waals surface area contributed by atoms with Crippen molar-refractivity contribution in [1.29, 1.82) is 0 Å². The topological polar surface area (TPSA) is 0 Å². The maximum atomic E-state index is 2.37. The van der Waals surface area contributed by atoms with E-state index in [0.717, 1.165) is 29.6 Å². The number of fused-ring (bicyclic) bond motifs is 10. The lowest BCUT2D eigenvalue weighted by molar-refractivity contribution is 0.423. The van der Waals surface area contributed by atoms with Crippen molar-refractivity contribution in [3.05, 3.63) is 52.6 Å². The Bertz CT molecular complexity index is 690. The van der Waals surface area contributed by atoms with Gasteiger partial charge in [0.2, 0.25) is 0 Å². The fourth-order valence-corrected chi connectivity index (χ4v) is 6.72. The van der Waals surface area contributed by atoms with Gasteiger partial charge in [-0.15, -0.1) is 0 Å². The van der Waals surface area contributed by atoms with Gasteiger partial charge in [0.05, 0.1) is 0 Å². The van der Waals surface area contributed by atoms with E-state index in [9.17, 15) is 0 Å². The summed E-state index contributed by atoms with van der Waals surface area (Å²) in [5, 5.41) is 0. The minimum Gasteiger partial charge on any atom is -0.0622 e. The lowest BCUT2D eigenvalue weighted by Gasteiger charge is -2.27. The molecule has 0 saturated heterocycles. The normalized spacial score (nSPS) is 42.2. The van der Waals surface area contributed by atoms with Gasteiger partial charge in [-0.1, -0.05) is 41.5 Å². The van der Waals surface area contributed by atoms with Crippen molar-refractivity contribution in [2.24, 2.45) is 29.6 Å². The van der Waals surface area contributed by atoms with E-state index in [0.29, 0.717) is 0 Å². The van der Waals surface area contributed by atoms with Crippen LogP contribution in [0.1, 0.15) is 44.1 Å². The summed E-state index contributed by atoms with van der Waals surface area (Å²) in [6.45, 7) is 0. The van der Waals surface area contributed by atoms with Crippen LogP contribution in [0, 0.1) is 29.6 Å². The number of hydrogen-bond acceptors (Lipinski definition) is 0. The summed E-state index contributed by atoms with van der Waals surface area (Å²) < 4.78 is 0. The Kier molecular flexibility index (Phi) is 2.00. The van der Waals surface area contributed by atoms with Crippen molar-refractivity contribution in [2.45, 2.75) is 38.5 Å². The third-order valence-electron chi connectivity index (χ3n) is 7.27. The van der Waals surface area contributed by atoms with Crippen molar-refractivity contribution in [3.63, 3.8) is 0 Å². The Morgan fingerprint density at radius 3 is 2.38 bits per heavy atom. The van der Waals surface area contributed by atoms with Gasteiger partial charge in [0.15, 0.2) is 0 Å². The first-order valence-electron chi connectivity index (χ1n) is 8.95. The molecule has 0 N–H and O–H groups in total. The van der Waals surface area contributed by atoms with E-state index in [-0.39, 0.29) is 0 Å². The third kappa shape index (κ3) is 1.25. The van der Waals surface area contributed by atoms with Crippen LogP contribution in [0.25, 0.3) is 5.57 Å². The number of allylic oxidation sites excluding steroid dienone is 4. The van der Waals surface area contributed by atoms with E-state index < -0.39 is 0 Å². The van der Waals surface area contributed by atoms with Gasteiger partial charge < -0.3 is 0 Å². The van der Waals surface area contributed by atoms with Crippen LogP contribution < -0.4 is 0 Å². The molecule has 4 bridgehead atoms. The molecule has 5 aliphatic carbocycles. The zero-order valence-corrected chi connectivity index (χ0v) is 12.5. The molecular weight excluding hydrogens is 252 g/mol. The lowest BCUT2D eigenvalue weighted by Crippen LogP contribution is -2.17. The van der Waals surface area contributed by atoms with Gasteiger partial charge in [-0.3, -0.25) is 0 Å². The van der Waals surface area contributed by atoms with Gasteiger partial charge in [0.25, 0.3) is 0 Å². The Balaban J connectivity index is 1.62. The third-order valence-corrected chi connectivity index (χ3v) is 7.27. The van der Waals surface area contributed by atoms with Crippen molar-refractivity contribution in [3.8, 4) is 0 Å². The molecule has 0 heterocycles. The van der Waals surface area contributed by atoms with E-state index >= 15 is 0 Å². The van der Waals surface area contributed by atoms with E-state index in [4.69, 9.17) is 0 Å². The molecule has 0 aromatic heterocycles. The molecule has 1 aromatic carbocycles. The average molecular weight is 274 g/mol. The molecule has 5 unspecified atom stereocenters. The summed E-state index contributed by atoms with van der Waals surface area (Å²) in [5.41, 5.74) is 8.98. The van der Waals surface area contributed by atoms with Gasteiger partial charge in [-0.25, -0.2) is 0 Å². The highest BCUT2D eigenvalue weighted by atomic mass is 14.6. The highest BCUT2D eigenvalue weighted by Crippen LogP contribution is 2.69. The van der Waals surface area contributed by atoms with E-state index in [1.165, 1.54) is 44.1 Å². The first-order chi connectivity index (χ1) is 10.4.